The van der Waals surface area contributed by atoms with E-state index in [1.807, 2.05) is 0 Å². The van der Waals surface area contributed by atoms with Crippen molar-refractivity contribution in [3.05, 3.63) is 59.7 Å². The maximum atomic E-state index is 13.9. The van der Waals surface area contributed by atoms with Crippen LogP contribution in [0, 0.1) is 6.92 Å². The van der Waals surface area contributed by atoms with Crippen LogP contribution in [0.2, 0.25) is 0 Å². The van der Waals surface area contributed by atoms with Gasteiger partial charge in [0.1, 0.15) is 5.75 Å². The molecular weight excluding hydrogens is 478 g/mol. The Morgan fingerprint density at radius 2 is 1.66 bits per heavy atom. The van der Waals surface area contributed by atoms with E-state index in [9.17, 15) is 26.3 Å². The Kier molecular flexibility index (Phi) is 6.03. The lowest BCUT2D eigenvalue weighted by Crippen LogP contribution is -2.18. The van der Waals surface area contributed by atoms with Crippen LogP contribution in [0.4, 0.5) is 26.3 Å². The zero-order chi connectivity index (χ0) is 25.5. The Bertz CT molecular complexity index is 1370. The summed E-state index contributed by atoms with van der Waals surface area (Å²) in [6.07, 6.45) is -8.39. The first-order valence-corrected chi connectivity index (χ1v) is 10.2. The van der Waals surface area contributed by atoms with Gasteiger partial charge in [-0.3, -0.25) is 4.68 Å². The number of rotatable bonds is 5. The number of alkyl halides is 6. The molecule has 4 rings (SSSR count). The molecule has 13 heteroatoms. The lowest BCUT2D eigenvalue weighted by atomic mass is 10.1. The number of benzene rings is 1. The van der Waals surface area contributed by atoms with Crippen LogP contribution in [0.3, 0.4) is 0 Å². The largest absolute Gasteiger partial charge is 0.497 e. The third-order valence-corrected chi connectivity index (χ3v) is 5.11. The number of methoxy groups -OCH3 is 1. The quantitative estimate of drug-likeness (QED) is 0.338. The Hall–Kier alpha value is -3.90. The molecule has 0 spiro atoms. The van der Waals surface area contributed by atoms with E-state index in [1.165, 1.54) is 36.2 Å². The average Bonchev–Trinajstić information content (AvgIpc) is 3.42. The molecule has 0 atom stereocenters. The van der Waals surface area contributed by atoms with E-state index in [-0.39, 0.29) is 21.6 Å². The summed E-state index contributed by atoms with van der Waals surface area (Å²) in [6.45, 7) is 3.86. The summed E-state index contributed by atoms with van der Waals surface area (Å²) in [5, 5.41) is 8.13. The lowest BCUT2D eigenvalue weighted by Gasteiger charge is -2.13. The molecule has 184 valence electrons. The van der Waals surface area contributed by atoms with Gasteiger partial charge in [0.05, 0.1) is 24.2 Å². The molecule has 4 aromatic rings. The third kappa shape index (κ3) is 4.84. The molecular formula is C22H18F6N6O. The van der Waals surface area contributed by atoms with Gasteiger partial charge in [-0.25, -0.2) is 9.97 Å². The lowest BCUT2D eigenvalue weighted by molar-refractivity contribution is -0.143. The molecule has 0 bridgehead atoms. The maximum Gasteiger partial charge on any atom is 0.433 e. The Morgan fingerprint density at radius 3 is 2.26 bits per heavy atom. The third-order valence-electron chi connectivity index (χ3n) is 5.11. The van der Waals surface area contributed by atoms with E-state index >= 15 is 0 Å². The Labute approximate surface area is 195 Å². The summed E-state index contributed by atoms with van der Waals surface area (Å²) in [6, 6.07) is 7.34. The highest BCUT2D eigenvalue weighted by molar-refractivity contribution is 5.64. The van der Waals surface area contributed by atoms with Crippen molar-refractivity contribution >= 4 is 0 Å². The number of nitrogens with zero attached hydrogens (tertiary/aromatic N) is 6. The molecule has 35 heavy (non-hydrogen) atoms. The van der Waals surface area contributed by atoms with Gasteiger partial charge in [-0.05, 0) is 38.1 Å². The van der Waals surface area contributed by atoms with E-state index in [1.54, 1.807) is 19.9 Å². The van der Waals surface area contributed by atoms with Crippen molar-refractivity contribution in [2.24, 2.45) is 0 Å². The van der Waals surface area contributed by atoms with Gasteiger partial charge in [-0.15, -0.1) is 0 Å². The van der Waals surface area contributed by atoms with Crippen molar-refractivity contribution in [3.63, 3.8) is 0 Å². The molecule has 0 unspecified atom stereocenters. The van der Waals surface area contributed by atoms with Crippen molar-refractivity contribution < 1.29 is 31.1 Å². The molecule has 0 aliphatic rings. The van der Waals surface area contributed by atoms with Crippen molar-refractivity contribution in [1.29, 1.82) is 0 Å². The van der Waals surface area contributed by atoms with E-state index < -0.39 is 29.7 Å². The molecule has 0 saturated heterocycles. The molecule has 0 N–H and O–H groups in total. The van der Waals surface area contributed by atoms with Crippen LogP contribution in [0.5, 0.6) is 5.75 Å². The molecule has 0 amide bonds. The summed E-state index contributed by atoms with van der Waals surface area (Å²) >= 11 is 0. The first-order chi connectivity index (χ1) is 16.4. The van der Waals surface area contributed by atoms with Crippen LogP contribution in [0.1, 0.15) is 24.0 Å². The van der Waals surface area contributed by atoms with Crippen molar-refractivity contribution in [3.8, 4) is 34.2 Å². The highest BCUT2D eigenvalue weighted by atomic mass is 19.4. The maximum absolute atomic E-state index is 13.9. The number of hydrogen-bond donors (Lipinski definition) is 0. The topological polar surface area (TPSA) is 70.7 Å². The van der Waals surface area contributed by atoms with Gasteiger partial charge in [0.25, 0.3) is 5.95 Å². The monoisotopic (exact) mass is 496 g/mol. The normalized spacial score (nSPS) is 12.3. The number of halogens is 6. The van der Waals surface area contributed by atoms with Gasteiger partial charge in [-0.2, -0.15) is 41.2 Å². The van der Waals surface area contributed by atoms with Crippen LogP contribution < -0.4 is 4.74 Å². The van der Waals surface area contributed by atoms with Crippen LogP contribution >= 0.6 is 0 Å². The van der Waals surface area contributed by atoms with E-state index in [0.717, 1.165) is 6.07 Å². The van der Waals surface area contributed by atoms with Gasteiger partial charge in [0.15, 0.2) is 11.4 Å². The zero-order valence-electron chi connectivity index (χ0n) is 18.6. The second-order valence-corrected chi connectivity index (χ2v) is 7.48. The molecule has 0 radical (unpaired) electrons. The molecule has 1 aromatic carbocycles. The summed E-state index contributed by atoms with van der Waals surface area (Å²) in [4.78, 5) is 7.38. The van der Waals surface area contributed by atoms with Gasteiger partial charge in [-0.1, -0.05) is 12.1 Å². The fourth-order valence-corrected chi connectivity index (χ4v) is 3.40. The van der Waals surface area contributed by atoms with Crippen LogP contribution in [-0.2, 0) is 18.9 Å². The number of hydrogen-bond acceptors (Lipinski definition) is 5. The van der Waals surface area contributed by atoms with E-state index in [4.69, 9.17) is 4.74 Å². The van der Waals surface area contributed by atoms with Crippen LogP contribution in [0.15, 0.2) is 42.6 Å². The molecule has 3 aromatic heterocycles. The van der Waals surface area contributed by atoms with E-state index in [2.05, 4.69) is 20.2 Å². The molecule has 7 nitrogen and oxygen atoms in total. The SMILES string of the molecule is CCn1cc(-c2cc(C(F)(F)F)n(-c3nc(-c4cccc(OC)c4)cc(C(F)(F)F)n3)n2)c(C)n1. The predicted octanol–water partition coefficient (Wildman–Crippen LogP) is 5.57. The highest BCUT2D eigenvalue weighted by Gasteiger charge is 2.39. The molecule has 0 aliphatic carbocycles. The standard InChI is InChI=1S/C22H18F6N6O/c1-4-33-11-15(12(2)31-33)17-10-19(22(26,27)28)34(32-17)20-29-16(9-18(30-20)21(23,24)25)13-6-5-7-14(8-13)35-3/h5-11H,4H2,1-3H3. The fourth-order valence-electron chi connectivity index (χ4n) is 3.40. The van der Waals surface area contributed by atoms with Crippen LogP contribution in [0.25, 0.3) is 28.5 Å². The van der Waals surface area contributed by atoms with Gasteiger partial charge >= 0.3 is 12.4 Å². The minimum atomic E-state index is -4.95. The summed E-state index contributed by atoms with van der Waals surface area (Å²) in [5.41, 5.74) is -2.21. The number of aryl methyl sites for hydroxylation is 2. The second kappa shape index (κ2) is 8.71. The highest BCUT2D eigenvalue weighted by Crippen LogP contribution is 2.36. The molecule has 0 aliphatic heterocycles. The van der Waals surface area contributed by atoms with Gasteiger partial charge in [0.2, 0.25) is 0 Å². The Balaban J connectivity index is 1.96. The first-order valence-electron chi connectivity index (χ1n) is 10.2. The summed E-state index contributed by atoms with van der Waals surface area (Å²) in [5.74, 6) is -0.547. The number of aromatic nitrogens is 6. The zero-order valence-corrected chi connectivity index (χ0v) is 18.6. The average molecular weight is 496 g/mol. The molecule has 3 heterocycles. The predicted molar refractivity (Wildman–Crippen MR) is 113 cm³/mol. The van der Waals surface area contributed by atoms with E-state index in [0.29, 0.717) is 29.6 Å². The van der Waals surface area contributed by atoms with Gasteiger partial charge in [0, 0.05) is 23.9 Å². The van der Waals surface area contributed by atoms with Crippen LogP contribution in [-0.4, -0.2) is 36.6 Å². The molecule has 0 saturated carbocycles. The summed E-state index contributed by atoms with van der Waals surface area (Å²) in [7, 11) is 1.37. The van der Waals surface area contributed by atoms with Crippen molar-refractivity contribution in [2.45, 2.75) is 32.7 Å². The first kappa shape index (κ1) is 24.2. The second-order valence-electron chi connectivity index (χ2n) is 7.48. The van der Waals surface area contributed by atoms with Crippen molar-refractivity contribution in [1.82, 2.24) is 29.5 Å². The Morgan fingerprint density at radius 1 is 0.914 bits per heavy atom. The molecule has 0 fully saturated rings. The minimum absolute atomic E-state index is 0.126. The number of ether oxygens (including phenoxy) is 1. The van der Waals surface area contributed by atoms with Crippen molar-refractivity contribution in [2.75, 3.05) is 7.11 Å². The summed E-state index contributed by atoms with van der Waals surface area (Å²) < 4.78 is 89.6. The minimum Gasteiger partial charge on any atom is -0.497 e. The fraction of sp³-hybridized carbons (Fsp3) is 0.273. The smallest absolute Gasteiger partial charge is 0.433 e. The van der Waals surface area contributed by atoms with Gasteiger partial charge < -0.3 is 4.74 Å².